The van der Waals surface area contributed by atoms with Crippen molar-refractivity contribution in [2.24, 2.45) is 0 Å². The minimum Gasteiger partial charge on any atom is -0.469 e. The molecule has 0 unspecified atom stereocenters. The van der Waals surface area contributed by atoms with Crippen LogP contribution in [0.3, 0.4) is 0 Å². The molecule has 0 amide bonds. The first-order chi connectivity index (χ1) is 8.60. The summed E-state index contributed by atoms with van der Waals surface area (Å²) >= 11 is 8.96. The number of nitrogens with zero attached hydrogens (tertiary/aromatic N) is 2. The van der Waals surface area contributed by atoms with Gasteiger partial charge in [-0.2, -0.15) is 0 Å². The number of fused-ring (bicyclic) bond motifs is 1. The van der Waals surface area contributed by atoms with Crippen molar-refractivity contribution >= 4 is 50.9 Å². The maximum Gasteiger partial charge on any atom is 0.306 e. The Kier molecular flexibility index (Phi) is 4.42. The maximum absolute atomic E-state index is 11.0. The van der Waals surface area contributed by atoms with E-state index in [1.165, 1.54) is 18.9 Å². The number of carbonyl (C=O) groups excluding carboxylic acids is 1. The second-order valence-electron chi connectivity index (χ2n) is 3.55. The van der Waals surface area contributed by atoms with Crippen molar-refractivity contribution in [3.8, 4) is 0 Å². The van der Waals surface area contributed by atoms with Crippen LogP contribution in [-0.2, 0) is 9.53 Å². The fourth-order valence-electron chi connectivity index (χ4n) is 1.43. The molecule has 4 nitrogen and oxygen atoms in total. The zero-order valence-corrected chi connectivity index (χ0v) is 12.3. The average molecular weight is 303 g/mol. The normalized spacial score (nSPS) is 10.8. The summed E-state index contributed by atoms with van der Waals surface area (Å²) in [6, 6.07) is 2.04. The predicted molar refractivity (Wildman–Crippen MR) is 74.5 cm³/mol. The number of hydrogen-bond donors (Lipinski definition) is 0. The molecule has 0 bridgehead atoms. The molecular formula is C11H11ClN2O2S2. The number of aryl methyl sites for hydroxylation is 1. The summed E-state index contributed by atoms with van der Waals surface area (Å²) in [5.41, 5.74) is 0. The number of thioether (sulfide) groups is 1. The Morgan fingerprint density at radius 1 is 1.56 bits per heavy atom. The molecule has 7 heteroatoms. The Morgan fingerprint density at radius 2 is 2.33 bits per heavy atom. The van der Waals surface area contributed by atoms with Gasteiger partial charge in [-0.3, -0.25) is 4.79 Å². The van der Waals surface area contributed by atoms with E-state index in [-0.39, 0.29) is 11.3 Å². The van der Waals surface area contributed by atoms with E-state index in [1.54, 1.807) is 11.3 Å². The van der Waals surface area contributed by atoms with E-state index in [0.717, 1.165) is 20.1 Å². The molecule has 2 heterocycles. The van der Waals surface area contributed by atoms with Crippen LogP contribution < -0.4 is 0 Å². The molecule has 0 saturated carbocycles. The first kappa shape index (κ1) is 13.6. The van der Waals surface area contributed by atoms with Gasteiger partial charge in [-0.1, -0.05) is 0 Å². The molecule has 0 aliphatic heterocycles. The van der Waals surface area contributed by atoms with Crippen molar-refractivity contribution in [2.45, 2.75) is 18.4 Å². The Labute approximate surface area is 118 Å². The lowest BCUT2D eigenvalue weighted by Gasteiger charge is -2.02. The fourth-order valence-corrected chi connectivity index (χ4v) is 3.57. The third kappa shape index (κ3) is 3.13. The van der Waals surface area contributed by atoms with Crippen LogP contribution in [0.5, 0.6) is 0 Å². The van der Waals surface area contributed by atoms with E-state index in [4.69, 9.17) is 11.6 Å². The molecule has 2 aromatic heterocycles. The van der Waals surface area contributed by atoms with E-state index in [0.29, 0.717) is 12.2 Å². The molecule has 0 fully saturated rings. The standard InChI is InChI=1S/C11H11ClN2O2S2/c1-6-5-7-9(17-4-3-8(15)16-2)13-11(12)14-10(7)18-6/h5H,3-4H2,1-2H3. The smallest absolute Gasteiger partial charge is 0.306 e. The number of methoxy groups -OCH3 is 1. The Balaban J connectivity index is 2.19. The summed E-state index contributed by atoms with van der Waals surface area (Å²) in [5, 5.41) is 2.06. The molecule has 0 N–H and O–H groups in total. The molecule has 2 rings (SSSR count). The van der Waals surface area contributed by atoms with E-state index < -0.39 is 0 Å². The number of halogens is 1. The Morgan fingerprint density at radius 3 is 3.06 bits per heavy atom. The number of rotatable bonds is 4. The van der Waals surface area contributed by atoms with E-state index >= 15 is 0 Å². The van der Waals surface area contributed by atoms with Gasteiger partial charge >= 0.3 is 5.97 Å². The molecule has 2 aromatic rings. The van der Waals surface area contributed by atoms with Gasteiger partial charge in [-0.15, -0.1) is 23.1 Å². The lowest BCUT2D eigenvalue weighted by atomic mass is 10.4. The van der Waals surface area contributed by atoms with Crippen LogP contribution in [0.4, 0.5) is 0 Å². The molecule has 0 saturated heterocycles. The van der Waals surface area contributed by atoms with Crippen molar-refractivity contribution in [1.82, 2.24) is 9.97 Å². The molecule has 0 aromatic carbocycles. The van der Waals surface area contributed by atoms with Crippen LogP contribution in [0, 0.1) is 6.92 Å². The largest absolute Gasteiger partial charge is 0.469 e. The van der Waals surface area contributed by atoms with Crippen molar-refractivity contribution < 1.29 is 9.53 Å². The van der Waals surface area contributed by atoms with Gasteiger partial charge in [-0.05, 0) is 24.6 Å². The van der Waals surface area contributed by atoms with Crippen LogP contribution in [0.25, 0.3) is 10.2 Å². The highest BCUT2D eigenvalue weighted by atomic mass is 35.5. The Hall–Kier alpha value is -0.850. The highest BCUT2D eigenvalue weighted by molar-refractivity contribution is 7.99. The van der Waals surface area contributed by atoms with Crippen molar-refractivity contribution in [3.63, 3.8) is 0 Å². The molecule has 0 atom stereocenters. The summed E-state index contributed by atoms with van der Waals surface area (Å²) in [6.07, 6.45) is 0.355. The third-order valence-electron chi connectivity index (χ3n) is 2.23. The van der Waals surface area contributed by atoms with Gasteiger partial charge in [0.25, 0.3) is 0 Å². The van der Waals surface area contributed by atoms with Gasteiger partial charge in [0.2, 0.25) is 5.28 Å². The van der Waals surface area contributed by atoms with Gasteiger partial charge < -0.3 is 4.74 Å². The number of esters is 1. The number of hydrogen-bond acceptors (Lipinski definition) is 6. The second-order valence-corrected chi connectivity index (χ2v) is 6.20. The van der Waals surface area contributed by atoms with E-state index in [9.17, 15) is 4.79 Å². The SMILES string of the molecule is COC(=O)CCSc1nc(Cl)nc2sc(C)cc12. The summed E-state index contributed by atoms with van der Waals surface area (Å²) < 4.78 is 4.59. The summed E-state index contributed by atoms with van der Waals surface area (Å²) in [6.45, 7) is 2.02. The van der Waals surface area contributed by atoms with Crippen molar-refractivity contribution in [1.29, 1.82) is 0 Å². The third-order valence-corrected chi connectivity index (χ3v) is 4.33. The van der Waals surface area contributed by atoms with Crippen LogP contribution in [0.1, 0.15) is 11.3 Å². The number of ether oxygens (including phenoxy) is 1. The van der Waals surface area contributed by atoms with E-state index in [2.05, 4.69) is 14.7 Å². The van der Waals surface area contributed by atoms with Gasteiger partial charge in [-0.25, -0.2) is 9.97 Å². The monoisotopic (exact) mass is 302 g/mol. The molecule has 0 spiro atoms. The number of carbonyl (C=O) groups is 1. The minimum absolute atomic E-state index is 0.222. The first-order valence-electron chi connectivity index (χ1n) is 5.23. The molecular weight excluding hydrogens is 292 g/mol. The van der Waals surface area contributed by atoms with Crippen LogP contribution >= 0.6 is 34.7 Å². The summed E-state index contributed by atoms with van der Waals surface area (Å²) in [7, 11) is 1.38. The van der Waals surface area contributed by atoms with Crippen LogP contribution in [0.15, 0.2) is 11.1 Å². The van der Waals surface area contributed by atoms with Crippen LogP contribution in [-0.4, -0.2) is 28.8 Å². The summed E-state index contributed by atoms with van der Waals surface area (Å²) in [4.78, 5) is 21.5. The van der Waals surface area contributed by atoms with Gasteiger partial charge in [0.1, 0.15) is 9.86 Å². The first-order valence-corrected chi connectivity index (χ1v) is 7.41. The minimum atomic E-state index is -0.222. The highest BCUT2D eigenvalue weighted by Crippen LogP contribution is 2.32. The molecule has 0 aliphatic rings. The van der Waals surface area contributed by atoms with Gasteiger partial charge in [0.15, 0.2) is 0 Å². The Bertz CT molecular complexity index is 586. The fraction of sp³-hybridized carbons (Fsp3) is 0.364. The average Bonchev–Trinajstić information content (AvgIpc) is 2.69. The summed E-state index contributed by atoms with van der Waals surface area (Å²) in [5.74, 6) is 0.393. The maximum atomic E-state index is 11.0. The highest BCUT2D eigenvalue weighted by Gasteiger charge is 2.11. The van der Waals surface area contributed by atoms with Crippen molar-refractivity contribution in [2.75, 3.05) is 12.9 Å². The van der Waals surface area contributed by atoms with Crippen molar-refractivity contribution in [3.05, 3.63) is 16.2 Å². The molecule has 0 radical (unpaired) electrons. The van der Waals surface area contributed by atoms with Crippen LogP contribution in [0.2, 0.25) is 5.28 Å². The molecule has 96 valence electrons. The second kappa shape index (κ2) is 5.86. The zero-order chi connectivity index (χ0) is 13.1. The lowest BCUT2D eigenvalue weighted by molar-refractivity contribution is -0.140. The van der Waals surface area contributed by atoms with E-state index in [1.807, 2.05) is 13.0 Å². The molecule has 18 heavy (non-hydrogen) atoms. The lowest BCUT2D eigenvalue weighted by Crippen LogP contribution is -2.01. The predicted octanol–water partition coefficient (Wildman–Crippen LogP) is 3.31. The molecule has 0 aliphatic carbocycles. The van der Waals surface area contributed by atoms with Gasteiger partial charge in [0, 0.05) is 16.0 Å². The topological polar surface area (TPSA) is 52.1 Å². The number of thiophene rings is 1. The van der Waals surface area contributed by atoms with Gasteiger partial charge in [0.05, 0.1) is 13.5 Å². The zero-order valence-electron chi connectivity index (χ0n) is 9.90. The quantitative estimate of drug-likeness (QED) is 0.375. The number of aromatic nitrogens is 2.